The minimum absolute atomic E-state index is 0.0901. The minimum atomic E-state index is -0.221. The number of benzene rings is 1. The van der Waals surface area contributed by atoms with Crippen molar-refractivity contribution in [2.45, 2.75) is 27.2 Å². The van der Waals surface area contributed by atoms with E-state index in [0.717, 1.165) is 0 Å². The SMILES string of the molecule is C/C(CC(=O)Nc1ccc2c(c1)OCCO2)=N/NC(=O)C(C)C. The molecule has 2 amide bonds. The standard InChI is InChI=1S/C16H21N3O4/c1-10(2)16(21)19-18-11(3)8-15(20)17-12-4-5-13-14(9-12)23-7-6-22-13/h4-5,9-10H,6-8H2,1-3H3,(H,17,20)(H,19,21)/b18-11-. The van der Waals surface area contributed by atoms with Crippen LogP contribution in [0.5, 0.6) is 11.5 Å². The quantitative estimate of drug-likeness (QED) is 0.641. The van der Waals surface area contributed by atoms with Crippen LogP contribution in [0.1, 0.15) is 27.2 Å². The zero-order valence-electron chi connectivity index (χ0n) is 13.5. The number of hydrogen-bond donors (Lipinski definition) is 2. The zero-order valence-corrected chi connectivity index (χ0v) is 13.5. The molecule has 0 radical (unpaired) electrons. The highest BCUT2D eigenvalue weighted by Gasteiger charge is 2.13. The highest BCUT2D eigenvalue weighted by atomic mass is 16.6. The molecule has 0 saturated carbocycles. The molecule has 0 saturated heterocycles. The molecule has 1 aliphatic rings. The lowest BCUT2D eigenvalue weighted by Gasteiger charge is -2.19. The normalized spacial score (nSPS) is 13.7. The van der Waals surface area contributed by atoms with Crippen LogP contribution in [0, 0.1) is 5.92 Å². The van der Waals surface area contributed by atoms with Crippen LogP contribution in [0.25, 0.3) is 0 Å². The summed E-state index contributed by atoms with van der Waals surface area (Å²) in [6.07, 6.45) is 0.0901. The Labute approximate surface area is 135 Å². The number of carbonyl (C=O) groups is 2. The summed E-state index contributed by atoms with van der Waals surface area (Å²) in [6, 6.07) is 5.23. The van der Waals surface area contributed by atoms with Gasteiger partial charge in [0.2, 0.25) is 11.8 Å². The van der Waals surface area contributed by atoms with Gasteiger partial charge in [0.05, 0.1) is 6.42 Å². The van der Waals surface area contributed by atoms with E-state index in [2.05, 4.69) is 15.8 Å². The number of ether oxygens (including phenoxy) is 2. The third-order valence-electron chi connectivity index (χ3n) is 3.12. The molecule has 7 nitrogen and oxygen atoms in total. The van der Waals surface area contributed by atoms with Crippen LogP contribution in [-0.2, 0) is 9.59 Å². The fraction of sp³-hybridized carbons (Fsp3) is 0.438. The van der Waals surface area contributed by atoms with Crippen molar-refractivity contribution < 1.29 is 19.1 Å². The van der Waals surface area contributed by atoms with E-state index in [1.807, 2.05) is 0 Å². The van der Waals surface area contributed by atoms with Crippen LogP contribution in [0.2, 0.25) is 0 Å². The first-order chi connectivity index (χ1) is 11.0. The van der Waals surface area contributed by atoms with Crippen molar-refractivity contribution in [2.24, 2.45) is 11.0 Å². The molecule has 0 fully saturated rings. The average molecular weight is 319 g/mol. The Hall–Kier alpha value is -2.57. The second-order valence-corrected chi connectivity index (χ2v) is 5.56. The molecule has 1 aromatic rings. The Balaban J connectivity index is 1.89. The molecule has 0 bridgehead atoms. The van der Waals surface area contributed by atoms with Gasteiger partial charge in [0.25, 0.3) is 0 Å². The molecule has 2 rings (SSSR count). The third-order valence-corrected chi connectivity index (χ3v) is 3.12. The van der Waals surface area contributed by atoms with Crippen LogP contribution in [0.4, 0.5) is 5.69 Å². The summed E-state index contributed by atoms with van der Waals surface area (Å²) < 4.78 is 10.9. The van der Waals surface area contributed by atoms with Crippen LogP contribution < -0.4 is 20.2 Å². The predicted molar refractivity (Wildman–Crippen MR) is 86.8 cm³/mol. The van der Waals surface area contributed by atoms with E-state index in [4.69, 9.17) is 9.47 Å². The molecule has 0 spiro atoms. The van der Waals surface area contributed by atoms with Gasteiger partial charge in [-0.25, -0.2) is 5.43 Å². The van der Waals surface area contributed by atoms with Crippen LogP contribution >= 0.6 is 0 Å². The molecule has 0 unspecified atom stereocenters. The molecule has 1 aromatic carbocycles. The maximum absolute atomic E-state index is 12.0. The van der Waals surface area contributed by atoms with Crippen molar-refractivity contribution in [2.75, 3.05) is 18.5 Å². The Morgan fingerprint density at radius 2 is 1.91 bits per heavy atom. The average Bonchev–Trinajstić information content (AvgIpc) is 2.52. The van der Waals surface area contributed by atoms with Gasteiger partial charge in [0.1, 0.15) is 13.2 Å². The fourth-order valence-electron chi connectivity index (χ4n) is 1.88. The molecule has 0 atom stereocenters. The first-order valence-corrected chi connectivity index (χ1v) is 7.48. The monoisotopic (exact) mass is 319 g/mol. The number of rotatable bonds is 5. The first-order valence-electron chi connectivity index (χ1n) is 7.48. The molecule has 1 aliphatic heterocycles. The van der Waals surface area contributed by atoms with E-state index in [1.165, 1.54) is 0 Å². The maximum Gasteiger partial charge on any atom is 0.242 e. The summed E-state index contributed by atoms with van der Waals surface area (Å²) >= 11 is 0. The lowest BCUT2D eigenvalue weighted by molar-refractivity contribution is -0.124. The number of hydrazone groups is 1. The van der Waals surface area contributed by atoms with Crippen molar-refractivity contribution in [3.8, 4) is 11.5 Å². The number of nitrogens with zero attached hydrogens (tertiary/aromatic N) is 1. The minimum Gasteiger partial charge on any atom is -0.486 e. The Morgan fingerprint density at radius 3 is 2.61 bits per heavy atom. The second kappa shape index (κ2) is 7.62. The van der Waals surface area contributed by atoms with E-state index in [-0.39, 0.29) is 24.2 Å². The molecule has 0 aliphatic carbocycles. The fourth-order valence-corrected chi connectivity index (χ4v) is 1.88. The van der Waals surface area contributed by atoms with E-state index >= 15 is 0 Å². The lowest BCUT2D eigenvalue weighted by Crippen LogP contribution is -2.25. The summed E-state index contributed by atoms with van der Waals surface area (Å²) in [5.41, 5.74) is 3.57. The molecular formula is C16H21N3O4. The lowest BCUT2D eigenvalue weighted by atomic mass is 10.2. The molecule has 2 N–H and O–H groups in total. The van der Waals surface area contributed by atoms with Gasteiger partial charge in [-0.3, -0.25) is 9.59 Å². The number of carbonyl (C=O) groups excluding carboxylic acids is 2. The molecule has 0 aromatic heterocycles. The smallest absolute Gasteiger partial charge is 0.242 e. The summed E-state index contributed by atoms with van der Waals surface area (Å²) in [6.45, 7) is 6.25. The Morgan fingerprint density at radius 1 is 1.22 bits per heavy atom. The molecular weight excluding hydrogens is 298 g/mol. The highest BCUT2D eigenvalue weighted by Crippen LogP contribution is 2.32. The second-order valence-electron chi connectivity index (χ2n) is 5.56. The van der Waals surface area contributed by atoms with E-state index in [0.29, 0.717) is 36.1 Å². The first kappa shape index (κ1) is 16.8. The Kier molecular flexibility index (Phi) is 5.56. The van der Waals surface area contributed by atoms with Crippen molar-refractivity contribution >= 4 is 23.2 Å². The number of anilines is 1. The van der Waals surface area contributed by atoms with Crippen molar-refractivity contribution in [3.63, 3.8) is 0 Å². The van der Waals surface area contributed by atoms with Crippen LogP contribution in [-0.4, -0.2) is 30.7 Å². The number of nitrogens with one attached hydrogen (secondary N) is 2. The number of amides is 2. The van der Waals surface area contributed by atoms with E-state index in [9.17, 15) is 9.59 Å². The summed E-state index contributed by atoms with van der Waals surface area (Å²) in [4.78, 5) is 23.4. The van der Waals surface area contributed by atoms with Gasteiger partial charge in [-0.05, 0) is 19.1 Å². The number of hydrogen-bond acceptors (Lipinski definition) is 5. The molecule has 1 heterocycles. The van der Waals surface area contributed by atoms with E-state index in [1.54, 1.807) is 39.0 Å². The zero-order chi connectivity index (χ0) is 16.8. The maximum atomic E-state index is 12.0. The van der Waals surface area contributed by atoms with Gasteiger partial charge in [-0.15, -0.1) is 0 Å². The molecule has 7 heteroatoms. The topological polar surface area (TPSA) is 89.0 Å². The number of fused-ring (bicyclic) bond motifs is 1. The van der Waals surface area contributed by atoms with Gasteiger partial charge in [0, 0.05) is 23.4 Å². The van der Waals surface area contributed by atoms with Crippen molar-refractivity contribution in [1.29, 1.82) is 0 Å². The summed E-state index contributed by atoms with van der Waals surface area (Å²) in [5.74, 6) is 0.725. The van der Waals surface area contributed by atoms with Crippen molar-refractivity contribution in [1.82, 2.24) is 5.43 Å². The predicted octanol–water partition coefficient (Wildman–Crippen LogP) is 1.93. The van der Waals surface area contributed by atoms with Gasteiger partial charge in [-0.2, -0.15) is 5.10 Å². The van der Waals surface area contributed by atoms with E-state index < -0.39 is 0 Å². The van der Waals surface area contributed by atoms with Gasteiger partial charge in [0.15, 0.2) is 11.5 Å². The van der Waals surface area contributed by atoms with Crippen LogP contribution in [0.15, 0.2) is 23.3 Å². The third kappa shape index (κ3) is 4.98. The van der Waals surface area contributed by atoms with Crippen molar-refractivity contribution in [3.05, 3.63) is 18.2 Å². The molecule has 23 heavy (non-hydrogen) atoms. The van der Waals surface area contributed by atoms with Gasteiger partial charge < -0.3 is 14.8 Å². The summed E-state index contributed by atoms with van der Waals surface area (Å²) in [5, 5.41) is 6.67. The molecule has 124 valence electrons. The van der Waals surface area contributed by atoms with Crippen LogP contribution in [0.3, 0.4) is 0 Å². The largest absolute Gasteiger partial charge is 0.486 e. The highest BCUT2D eigenvalue weighted by molar-refractivity contribution is 6.05. The van der Waals surface area contributed by atoms with Gasteiger partial charge >= 0.3 is 0 Å². The summed E-state index contributed by atoms with van der Waals surface area (Å²) in [7, 11) is 0. The Bertz CT molecular complexity index is 626. The van der Waals surface area contributed by atoms with Gasteiger partial charge in [-0.1, -0.05) is 13.8 Å².